The molecule has 0 amide bonds. The Morgan fingerprint density at radius 1 is 1.39 bits per heavy atom. The molecular formula is C12H11F3O3. The summed E-state index contributed by atoms with van der Waals surface area (Å²) in [5.41, 5.74) is 0.466. The molecule has 2 unspecified atom stereocenters. The van der Waals surface area contributed by atoms with Crippen molar-refractivity contribution in [3.8, 4) is 5.75 Å². The Kier molecular flexibility index (Phi) is 3.19. The number of fused-ring (bicyclic) bond motifs is 1. The number of halogens is 3. The normalized spacial score (nSPS) is 22.9. The third-order valence-electron chi connectivity index (χ3n) is 2.64. The molecule has 0 saturated heterocycles. The molecule has 0 N–H and O–H groups in total. The lowest BCUT2D eigenvalue weighted by Crippen LogP contribution is -2.39. The van der Waals surface area contributed by atoms with Crippen LogP contribution in [-0.4, -0.2) is 18.2 Å². The van der Waals surface area contributed by atoms with Crippen molar-refractivity contribution in [2.75, 3.05) is 0 Å². The van der Waals surface area contributed by atoms with E-state index in [-0.39, 0.29) is 5.75 Å². The summed E-state index contributed by atoms with van der Waals surface area (Å²) in [4.78, 5) is 10.9. The molecule has 0 bridgehead atoms. The smallest absolute Gasteiger partial charge is 0.425 e. The minimum absolute atomic E-state index is 0.109. The predicted octanol–water partition coefficient (Wildman–Crippen LogP) is 3.00. The number of hydrogen-bond acceptors (Lipinski definition) is 3. The number of rotatable bonds is 1. The molecule has 1 aliphatic rings. The number of carbonyl (C=O) groups is 1. The monoisotopic (exact) mass is 260 g/mol. The number of hydrogen-bond donors (Lipinski definition) is 0. The van der Waals surface area contributed by atoms with E-state index in [1.807, 2.05) is 0 Å². The van der Waals surface area contributed by atoms with Gasteiger partial charge in [-0.25, -0.2) is 0 Å². The summed E-state index contributed by atoms with van der Waals surface area (Å²) in [5.74, 6) is -0.505. The fraction of sp³-hybridized carbons (Fsp3) is 0.417. The number of alkyl halides is 3. The van der Waals surface area contributed by atoms with E-state index in [1.54, 1.807) is 18.2 Å². The Morgan fingerprint density at radius 2 is 2.06 bits per heavy atom. The van der Waals surface area contributed by atoms with Gasteiger partial charge >= 0.3 is 12.1 Å². The van der Waals surface area contributed by atoms with Gasteiger partial charge in [-0.3, -0.25) is 4.79 Å². The van der Waals surface area contributed by atoms with Crippen LogP contribution in [0.4, 0.5) is 13.2 Å². The fourth-order valence-corrected chi connectivity index (χ4v) is 1.89. The first-order valence-corrected chi connectivity index (χ1v) is 5.37. The van der Waals surface area contributed by atoms with Crippen LogP contribution in [-0.2, 0) is 9.53 Å². The second-order valence-electron chi connectivity index (χ2n) is 4.02. The van der Waals surface area contributed by atoms with Gasteiger partial charge in [0.05, 0.1) is 0 Å². The molecule has 0 spiro atoms. The highest BCUT2D eigenvalue weighted by molar-refractivity contribution is 5.66. The third-order valence-corrected chi connectivity index (χ3v) is 2.64. The highest BCUT2D eigenvalue weighted by Gasteiger charge is 2.46. The molecule has 0 fully saturated rings. The van der Waals surface area contributed by atoms with Crippen LogP contribution in [0.15, 0.2) is 24.3 Å². The van der Waals surface area contributed by atoms with Crippen molar-refractivity contribution in [3.05, 3.63) is 29.8 Å². The summed E-state index contributed by atoms with van der Waals surface area (Å²) >= 11 is 0. The molecule has 6 heteroatoms. The van der Waals surface area contributed by atoms with E-state index in [0.29, 0.717) is 5.56 Å². The maximum atomic E-state index is 12.7. The standard InChI is InChI=1S/C12H11F3O3/c1-7(16)17-10-6-11(12(13,14)15)18-9-5-3-2-4-8(9)10/h2-5,10-11H,6H2,1H3. The Balaban J connectivity index is 2.32. The van der Waals surface area contributed by atoms with Crippen LogP contribution >= 0.6 is 0 Å². The SMILES string of the molecule is CC(=O)OC1CC(C(F)(F)F)Oc2ccccc21. The van der Waals surface area contributed by atoms with Crippen LogP contribution in [0.3, 0.4) is 0 Å². The summed E-state index contributed by atoms with van der Waals surface area (Å²) in [6.07, 6.45) is -7.76. The van der Waals surface area contributed by atoms with Crippen LogP contribution in [0, 0.1) is 0 Å². The molecule has 1 aliphatic heterocycles. The van der Waals surface area contributed by atoms with Crippen molar-refractivity contribution < 1.29 is 27.4 Å². The van der Waals surface area contributed by atoms with Gasteiger partial charge in [-0.2, -0.15) is 13.2 Å². The number of para-hydroxylation sites is 1. The molecule has 1 aromatic carbocycles. The molecule has 18 heavy (non-hydrogen) atoms. The fourth-order valence-electron chi connectivity index (χ4n) is 1.89. The van der Waals surface area contributed by atoms with Gasteiger partial charge in [-0.1, -0.05) is 18.2 Å². The molecule has 0 aromatic heterocycles. The van der Waals surface area contributed by atoms with E-state index in [9.17, 15) is 18.0 Å². The maximum absolute atomic E-state index is 12.7. The number of benzene rings is 1. The first-order valence-electron chi connectivity index (χ1n) is 5.37. The molecule has 1 heterocycles. The zero-order valence-electron chi connectivity index (χ0n) is 9.53. The Bertz CT molecular complexity index is 456. The van der Waals surface area contributed by atoms with Crippen LogP contribution < -0.4 is 4.74 Å². The summed E-state index contributed by atoms with van der Waals surface area (Å²) in [7, 11) is 0. The lowest BCUT2D eigenvalue weighted by Gasteiger charge is -2.32. The van der Waals surface area contributed by atoms with Gasteiger partial charge in [0.25, 0.3) is 0 Å². The van der Waals surface area contributed by atoms with Crippen molar-refractivity contribution in [2.24, 2.45) is 0 Å². The summed E-state index contributed by atoms with van der Waals surface area (Å²) in [6.45, 7) is 1.17. The van der Waals surface area contributed by atoms with Crippen molar-refractivity contribution >= 4 is 5.97 Å². The Morgan fingerprint density at radius 3 is 2.67 bits per heavy atom. The van der Waals surface area contributed by atoms with Crippen molar-refractivity contribution in [3.63, 3.8) is 0 Å². The van der Waals surface area contributed by atoms with Crippen molar-refractivity contribution in [1.29, 1.82) is 0 Å². The number of ether oxygens (including phenoxy) is 2. The van der Waals surface area contributed by atoms with E-state index in [1.165, 1.54) is 13.0 Å². The predicted molar refractivity (Wildman–Crippen MR) is 56.0 cm³/mol. The van der Waals surface area contributed by atoms with E-state index in [4.69, 9.17) is 9.47 Å². The van der Waals surface area contributed by atoms with Crippen molar-refractivity contribution in [2.45, 2.75) is 31.7 Å². The molecule has 0 aliphatic carbocycles. The molecule has 0 saturated carbocycles. The lowest BCUT2D eigenvalue weighted by molar-refractivity contribution is -0.210. The zero-order valence-corrected chi connectivity index (χ0v) is 9.53. The van der Waals surface area contributed by atoms with Gasteiger partial charge in [0.1, 0.15) is 11.9 Å². The van der Waals surface area contributed by atoms with Gasteiger partial charge in [0, 0.05) is 18.9 Å². The quantitative estimate of drug-likeness (QED) is 0.728. The number of esters is 1. The highest BCUT2D eigenvalue weighted by atomic mass is 19.4. The first-order chi connectivity index (χ1) is 8.38. The zero-order chi connectivity index (χ0) is 13.3. The van der Waals surface area contributed by atoms with Crippen LogP contribution in [0.5, 0.6) is 5.75 Å². The molecule has 1 aromatic rings. The van der Waals surface area contributed by atoms with Crippen LogP contribution in [0.1, 0.15) is 25.0 Å². The van der Waals surface area contributed by atoms with Gasteiger partial charge in [-0.15, -0.1) is 0 Å². The van der Waals surface area contributed by atoms with Gasteiger partial charge < -0.3 is 9.47 Å². The van der Waals surface area contributed by atoms with Crippen LogP contribution in [0.2, 0.25) is 0 Å². The maximum Gasteiger partial charge on any atom is 0.425 e. The van der Waals surface area contributed by atoms with Gasteiger partial charge in [0.2, 0.25) is 0 Å². The molecule has 0 radical (unpaired) electrons. The Labute approximate surface area is 102 Å². The second-order valence-corrected chi connectivity index (χ2v) is 4.02. The summed E-state index contributed by atoms with van der Waals surface area (Å²) in [6, 6.07) is 6.26. The topological polar surface area (TPSA) is 35.5 Å². The average Bonchev–Trinajstić information content (AvgIpc) is 2.27. The minimum atomic E-state index is -4.48. The van der Waals surface area contributed by atoms with Gasteiger partial charge in [0.15, 0.2) is 6.10 Å². The second kappa shape index (κ2) is 4.51. The van der Waals surface area contributed by atoms with E-state index in [0.717, 1.165) is 0 Å². The molecule has 2 rings (SSSR count). The molecular weight excluding hydrogens is 249 g/mol. The molecule has 98 valence electrons. The largest absolute Gasteiger partial charge is 0.480 e. The van der Waals surface area contributed by atoms with Crippen molar-refractivity contribution in [1.82, 2.24) is 0 Å². The summed E-state index contributed by atoms with van der Waals surface area (Å²) < 4.78 is 47.9. The van der Waals surface area contributed by atoms with E-state index < -0.39 is 30.8 Å². The highest BCUT2D eigenvalue weighted by Crippen LogP contribution is 2.41. The first kappa shape index (κ1) is 12.7. The average molecular weight is 260 g/mol. The van der Waals surface area contributed by atoms with Crippen LogP contribution in [0.25, 0.3) is 0 Å². The minimum Gasteiger partial charge on any atom is -0.480 e. The van der Waals surface area contributed by atoms with Gasteiger partial charge in [-0.05, 0) is 6.07 Å². The Hall–Kier alpha value is -1.72. The summed E-state index contributed by atoms with van der Waals surface area (Å²) in [5, 5.41) is 0. The lowest BCUT2D eigenvalue weighted by atomic mass is 9.98. The molecule has 3 nitrogen and oxygen atoms in total. The van der Waals surface area contributed by atoms with E-state index >= 15 is 0 Å². The van der Waals surface area contributed by atoms with E-state index in [2.05, 4.69) is 0 Å². The third kappa shape index (κ3) is 2.57. The number of carbonyl (C=O) groups excluding carboxylic acids is 1. The molecule has 2 atom stereocenters.